The molecule has 0 heterocycles. The van der Waals surface area contributed by atoms with Gasteiger partial charge in [-0.3, -0.25) is 0 Å². The minimum atomic E-state index is -0.919. The first kappa shape index (κ1) is 11.2. The van der Waals surface area contributed by atoms with E-state index in [1.165, 1.54) is 0 Å². The highest BCUT2D eigenvalue weighted by molar-refractivity contribution is 5.67. The van der Waals surface area contributed by atoms with E-state index in [2.05, 4.69) is 6.58 Å². The molecule has 0 bridgehead atoms. The number of allylic oxidation sites excluding steroid dienone is 1. The van der Waals surface area contributed by atoms with Crippen molar-refractivity contribution in [2.75, 3.05) is 13.2 Å². The minimum Gasteiger partial charge on any atom is -0.480 e. The molecule has 0 rings (SSSR count). The summed E-state index contributed by atoms with van der Waals surface area (Å²) in [5.41, 5.74) is 1.10. The van der Waals surface area contributed by atoms with Crippen LogP contribution in [-0.4, -0.2) is 24.3 Å². The van der Waals surface area contributed by atoms with Gasteiger partial charge in [-0.2, -0.15) is 0 Å². The standard InChI is InChI=1S/C9H16O3/c1-7(2)4-8(3)5-12-6-9(10)11/h8H,1,4-6H2,2-3H3,(H,10,11). The maximum Gasteiger partial charge on any atom is 0.329 e. The van der Waals surface area contributed by atoms with Gasteiger partial charge in [-0.1, -0.05) is 12.5 Å². The lowest BCUT2D eigenvalue weighted by molar-refractivity contribution is -0.142. The van der Waals surface area contributed by atoms with Crippen LogP contribution < -0.4 is 0 Å². The Morgan fingerprint density at radius 3 is 2.67 bits per heavy atom. The van der Waals surface area contributed by atoms with E-state index in [1.54, 1.807) is 0 Å². The Morgan fingerprint density at radius 2 is 2.25 bits per heavy atom. The second-order valence-corrected chi connectivity index (χ2v) is 3.18. The van der Waals surface area contributed by atoms with Crippen molar-refractivity contribution in [3.8, 4) is 0 Å². The lowest BCUT2D eigenvalue weighted by Crippen LogP contribution is -2.12. The van der Waals surface area contributed by atoms with E-state index in [9.17, 15) is 4.79 Å². The summed E-state index contributed by atoms with van der Waals surface area (Å²) in [5.74, 6) is -0.570. The van der Waals surface area contributed by atoms with Crippen molar-refractivity contribution >= 4 is 5.97 Å². The van der Waals surface area contributed by atoms with Gasteiger partial charge in [0, 0.05) is 0 Å². The minimum absolute atomic E-state index is 0.208. The molecule has 3 heteroatoms. The SMILES string of the molecule is C=C(C)CC(C)COCC(=O)O. The average Bonchev–Trinajstić information content (AvgIpc) is 1.84. The summed E-state index contributed by atoms with van der Waals surface area (Å²) < 4.78 is 4.92. The molecule has 0 aromatic heterocycles. The quantitative estimate of drug-likeness (QED) is 0.620. The molecular weight excluding hydrogens is 156 g/mol. The molecule has 0 aromatic carbocycles. The number of carboxylic acid groups (broad SMARTS) is 1. The van der Waals surface area contributed by atoms with Gasteiger partial charge in [0.05, 0.1) is 6.61 Å². The number of hydrogen-bond acceptors (Lipinski definition) is 2. The van der Waals surface area contributed by atoms with Crippen molar-refractivity contribution in [1.29, 1.82) is 0 Å². The molecule has 0 spiro atoms. The van der Waals surface area contributed by atoms with Gasteiger partial charge in [0.15, 0.2) is 0 Å². The van der Waals surface area contributed by atoms with Crippen LogP contribution in [0.5, 0.6) is 0 Å². The van der Waals surface area contributed by atoms with Crippen LogP contribution in [-0.2, 0) is 9.53 Å². The van der Waals surface area contributed by atoms with E-state index in [0.717, 1.165) is 12.0 Å². The van der Waals surface area contributed by atoms with Gasteiger partial charge in [0.2, 0.25) is 0 Å². The number of carbonyl (C=O) groups is 1. The normalized spacial score (nSPS) is 12.5. The lowest BCUT2D eigenvalue weighted by atomic mass is 10.1. The number of hydrogen-bond donors (Lipinski definition) is 1. The molecule has 1 unspecified atom stereocenters. The molecule has 70 valence electrons. The summed E-state index contributed by atoms with van der Waals surface area (Å²) in [5, 5.41) is 8.27. The Bertz CT molecular complexity index is 163. The Balaban J connectivity index is 3.37. The van der Waals surface area contributed by atoms with Crippen LogP contribution in [0.15, 0.2) is 12.2 Å². The summed E-state index contributed by atoms with van der Waals surface area (Å²) in [7, 11) is 0. The van der Waals surface area contributed by atoms with Crippen molar-refractivity contribution in [2.24, 2.45) is 5.92 Å². The predicted molar refractivity (Wildman–Crippen MR) is 47.0 cm³/mol. The van der Waals surface area contributed by atoms with Crippen LogP contribution >= 0.6 is 0 Å². The summed E-state index contributed by atoms with van der Waals surface area (Å²) in [4.78, 5) is 10.1. The highest BCUT2D eigenvalue weighted by Gasteiger charge is 2.03. The van der Waals surface area contributed by atoms with Gasteiger partial charge in [-0.05, 0) is 19.3 Å². The summed E-state index contributed by atoms with van der Waals surface area (Å²) >= 11 is 0. The zero-order valence-electron chi connectivity index (χ0n) is 7.67. The topological polar surface area (TPSA) is 46.5 Å². The average molecular weight is 172 g/mol. The van der Waals surface area contributed by atoms with E-state index < -0.39 is 5.97 Å². The molecule has 3 nitrogen and oxygen atoms in total. The van der Waals surface area contributed by atoms with Gasteiger partial charge in [0.1, 0.15) is 6.61 Å². The number of ether oxygens (including phenoxy) is 1. The second kappa shape index (κ2) is 5.77. The number of aliphatic carboxylic acids is 1. The predicted octanol–water partition coefficient (Wildman–Crippen LogP) is 1.69. The molecule has 0 aromatic rings. The maximum atomic E-state index is 10.1. The van der Waals surface area contributed by atoms with E-state index in [1.807, 2.05) is 13.8 Å². The molecule has 1 atom stereocenters. The molecule has 0 saturated heterocycles. The van der Waals surface area contributed by atoms with E-state index in [-0.39, 0.29) is 6.61 Å². The largest absolute Gasteiger partial charge is 0.480 e. The third-order valence-electron chi connectivity index (χ3n) is 1.32. The van der Waals surface area contributed by atoms with E-state index in [0.29, 0.717) is 12.5 Å². The summed E-state index contributed by atoms with van der Waals surface area (Å²) in [6.07, 6.45) is 0.889. The molecule has 0 fully saturated rings. The van der Waals surface area contributed by atoms with E-state index in [4.69, 9.17) is 9.84 Å². The van der Waals surface area contributed by atoms with Crippen LogP contribution in [0.25, 0.3) is 0 Å². The van der Waals surface area contributed by atoms with Crippen LogP contribution in [0.1, 0.15) is 20.3 Å². The Morgan fingerprint density at radius 1 is 1.67 bits per heavy atom. The third kappa shape index (κ3) is 7.28. The second-order valence-electron chi connectivity index (χ2n) is 3.18. The zero-order valence-corrected chi connectivity index (χ0v) is 7.67. The smallest absolute Gasteiger partial charge is 0.329 e. The molecule has 0 aliphatic rings. The molecule has 0 radical (unpaired) electrons. The van der Waals surface area contributed by atoms with Crippen molar-refractivity contribution < 1.29 is 14.6 Å². The van der Waals surface area contributed by atoms with Gasteiger partial charge in [-0.25, -0.2) is 4.79 Å². The van der Waals surface area contributed by atoms with Crippen LogP contribution in [0.4, 0.5) is 0 Å². The Kier molecular flexibility index (Phi) is 5.37. The Labute approximate surface area is 73.0 Å². The Hall–Kier alpha value is -0.830. The van der Waals surface area contributed by atoms with Gasteiger partial charge < -0.3 is 9.84 Å². The van der Waals surface area contributed by atoms with E-state index >= 15 is 0 Å². The van der Waals surface area contributed by atoms with Crippen LogP contribution in [0.3, 0.4) is 0 Å². The molecule has 1 N–H and O–H groups in total. The monoisotopic (exact) mass is 172 g/mol. The number of rotatable bonds is 6. The fourth-order valence-electron chi connectivity index (χ4n) is 1.00. The third-order valence-corrected chi connectivity index (χ3v) is 1.32. The first-order valence-electron chi connectivity index (χ1n) is 3.96. The highest BCUT2D eigenvalue weighted by atomic mass is 16.5. The van der Waals surface area contributed by atoms with Crippen molar-refractivity contribution in [3.63, 3.8) is 0 Å². The molecule has 0 saturated carbocycles. The molecule has 0 aliphatic carbocycles. The maximum absolute atomic E-state index is 10.1. The molecule has 12 heavy (non-hydrogen) atoms. The van der Waals surface area contributed by atoms with Gasteiger partial charge >= 0.3 is 5.97 Å². The fraction of sp³-hybridized carbons (Fsp3) is 0.667. The lowest BCUT2D eigenvalue weighted by Gasteiger charge is -2.09. The highest BCUT2D eigenvalue weighted by Crippen LogP contribution is 2.08. The van der Waals surface area contributed by atoms with Gasteiger partial charge in [-0.15, -0.1) is 6.58 Å². The first-order valence-corrected chi connectivity index (χ1v) is 3.96. The summed E-state index contributed by atoms with van der Waals surface area (Å²) in [6.45, 7) is 8.01. The molecular formula is C9H16O3. The van der Waals surface area contributed by atoms with Crippen molar-refractivity contribution in [1.82, 2.24) is 0 Å². The van der Waals surface area contributed by atoms with Crippen LogP contribution in [0.2, 0.25) is 0 Å². The summed E-state index contributed by atoms with van der Waals surface area (Å²) in [6, 6.07) is 0. The fourth-order valence-corrected chi connectivity index (χ4v) is 1.00. The first-order chi connectivity index (χ1) is 5.52. The number of carboxylic acids is 1. The van der Waals surface area contributed by atoms with Crippen molar-refractivity contribution in [2.45, 2.75) is 20.3 Å². The van der Waals surface area contributed by atoms with Crippen molar-refractivity contribution in [3.05, 3.63) is 12.2 Å². The van der Waals surface area contributed by atoms with Gasteiger partial charge in [0.25, 0.3) is 0 Å². The molecule has 0 aliphatic heterocycles. The molecule has 0 amide bonds. The zero-order chi connectivity index (χ0) is 9.56. The van der Waals surface area contributed by atoms with Crippen LogP contribution in [0, 0.1) is 5.92 Å².